The predicted molar refractivity (Wildman–Crippen MR) is 188 cm³/mol. The first-order valence-corrected chi connectivity index (χ1v) is 19.9. The third-order valence-electron chi connectivity index (χ3n) is 6.59. The van der Waals surface area contributed by atoms with Crippen LogP contribution in [-0.2, 0) is 30.3 Å². The molecule has 0 aromatic heterocycles. The SMILES string of the molecule is COc1cc(-c2ccc(N(CC=C(C)C)S(C)(=O)=O)cc2)c(OC)c(OS(C)(=O)=O)c1-c1ccc(OCC=C(C)C)c(OS(C)(=O)=O)c1. The zero-order valence-corrected chi connectivity index (χ0v) is 30.8. The van der Waals surface area contributed by atoms with Crippen molar-refractivity contribution >= 4 is 35.9 Å². The lowest BCUT2D eigenvalue weighted by atomic mass is 9.96. The fourth-order valence-electron chi connectivity index (χ4n) is 4.51. The second kappa shape index (κ2) is 15.3. The summed E-state index contributed by atoms with van der Waals surface area (Å²) in [5.41, 5.74) is 3.64. The molecule has 0 atom stereocenters. The highest BCUT2D eigenvalue weighted by Gasteiger charge is 2.28. The average molecular weight is 724 g/mol. The number of rotatable bonds is 15. The molecule has 3 aromatic rings. The molecule has 15 heteroatoms. The van der Waals surface area contributed by atoms with Gasteiger partial charge in [0.25, 0.3) is 0 Å². The van der Waals surface area contributed by atoms with E-state index in [0.29, 0.717) is 16.8 Å². The zero-order chi connectivity index (χ0) is 36.0. The monoisotopic (exact) mass is 723 g/mol. The molecule has 12 nitrogen and oxygen atoms in total. The molecule has 0 N–H and O–H groups in total. The van der Waals surface area contributed by atoms with Gasteiger partial charge in [0.1, 0.15) is 12.4 Å². The van der Waals surface area contributed by atoms with Crippen LogP contribution in [0, 0.1) is 0 Å². The first kappa shape index (κ1) is 38.2. The van der Waals surface area contributed by atoms with Crippen LogP contribution in [-0.4, -0.2) is 71.4 Å². The number of benzene rings is 3. The van der Waals surface area contributed by atoms with Gasteiger partial charge in [0.05, 0.1) is 50.8 Å². The molecule has 0 aliphatic carbocycles. The summed E-state index contributed by atoms with van der Waals surface area (Å²) in [7, 11) is -9.05. The summed E-state index contributed by atoms with van der Waals surface area (Å²) in [4.78, 5) is 0. The van der Waals surface area contributed by atoms with Crippen LogP contribution in [0.25, 0.3) is 22.3 Å². The van der Waals surface area contributed by atoms with E-state index in [1.165, 1.54) is 30.7 Å². The smallest absolute Gasteiger partial charge is 0.306 e. The summed E-state index contributed by atoms with van der Waals surface area (Å²) in [6.45, 7) is 7.80. The lowest BCUT2D eigenvalue weighted by molar-refractivity contribution is 0.347. The van der Waals surface area contributed by atoms with Crippen molar-refractivity contribution in [3.8, 4) is 51.0 Å². The van der Waals surface area contributed by atoms with E-state index in [2.05, 4.69) is 0 Å². The Bertz CT molecular complexity index is 2030. The van der Waals surface area contributed by atoms with E-state index in [1.807, 2.05) is 27.7 Å². The van der Waals surface area contributed by atoms with Crippen LogP contribution >= 0.6 is 0 Å². The molecule has 0 unspecified atom stereocenters. The van der Waals surface area contributed by atoms with Crippen LogP contribution in [0.5, 0.6) is 28.7 Å². The lowest BCUT2D eigenvalue weighted by Crippen LogP contribution is -2.30. The zero-order valence-electron chi connectivity index (χ0n) is 28.4. The van der Waals surface area contributed by atoms with E-state index >= 15 is 0 Å². The van der Waals surface area contributed by atoms with Crippen LogP contribution in [0.1, 0.15) is 27.7 Å². The topological polar surface area (TPSA) is 152 Å². The van der Waals surface area contributed by atoms with Crippen molar-refractivity contribution in [3.05, 3.63) is 71.8 Å². The molecule has 0 saturated carbocycles. The van der Waals surface area contributed by atoms with Gasteiger partial charge in [0.15, 0.2) is 23.0 Å². The Kier molecular flexibility index (Phi) is 12.2. The largest absolute Gasteiger partial charge is 0.496 e. The molecule has 48 heavy (non-hydrogen) atoms. The summed E-state index contributed by atoms with van der Waals surface area (Å²) in [6, 6.07) is 12.6. The Morgan fingerprint density at radius 1 is 0.667 bits per heavy atom. The third kappa shape index (κ3) is 10.4. The molecule has 0 heterocycles. The number of methoxy groups -OCH3 is 2. The van der Waals surface area contributed by atoms with Crippen molar-refractivity contribution in [3.63, 3.8) is 0 Å². The van der Waals surface area contributed by atoms with Gasteiger partial charge in [-0.25, -0.2) is 8.42 Å². The molecule has 3 aromatic carbocycles. The highest BCUT2D eigenvalue weighted by atomic mass is 32.2. The molecule has 0 aliphatic rings. The number of anilines is 1. The summed E-state index contributed by atoms with van der Waals surface area (Å²) in [5, 5.41) is 0. The Morgan fingerprint density at radius 3 is 1.75 bits per heavy atom. The Morgan fingerprint density at radius 2 is 1.25 bits per heavy atom. The van der Waals surface area contributed by atoms with Gasteiger partial charge >= 0.3 is 20.2 Å². The minimum absolute atomic E-state index is 0.0166. The first-order chi connectivity index (χ1) is 22.2. The molecule has 0 aliphatic heterocycles. The fourth-order valence-corrected chi connectivity index (χ4v) is 6.28. The number of nitrogens with zero attached hydrogens (tertiary/aromatic N) is 1. The highest BCUT2D eigenvalue weighted by Crippen LogP contribution is 2.51. The molecule has 262 valence electrons. The summed E-state index contributed by atoms with van der Waals surface area (Å²) in [5.74, 6) is -0.0844. The molecule has 0 spiro atoms. The summed E-state index contributed by atoms with van der Waals surface area (Å²) in [6.07, 6.45) is 6.48. The van der Waals surface area contributed by atoms with Crippen LogP contribution in [0.15, 0.2) is 71.8 Å². The van der Waals surface area contributed by atoms with E-state index in [4.69, 9.17) is 22.6 Å². The number of hydrogen-bond donors (Lipinski definition) is 0. The molecular weight excluding hydrogens is 683 g/mol. The van der Waals surface area contributed by atoms with Gasteiger partial charge in [-0.05, 0) is 75.2 Å². The van der Waals surface area contributed by atoms with Crippen LogP contribution in [0.3, 0.4) is 0 Å². The van der Waals surface area contributed by atoms with Crippen molar-refractivity contribution < 1.29 is 47.8 Å². The van der Waals surface area contributed by atoms with E-state index in [9.17, 15) is 25.3 Å². The average Bonchev–Trinajstić information content (AvgIpc) is 2.95. The molecule has 0 amide bonds. The van der Waals surface area contributed by atoms with Crippen LogP contribution in [0.2, 0.25) is 0 Å². The molecule has 0 bridgehead atoms. The molecule has 0 fully saturated rings. The number of allylic oxidation sites excluding steroid dienone is 2. The normalized spacial score (nSPS) is 11.7. The predicted octanol–water partition coefficient (Wildman–Crippen LogP) is 5.79. The number of hydrogen-bond acceptors (Lipinski definition) is 11. The molecular formula is C33H41NO11S3. The minimum Gasteiger partial charge on any atom is -0.496 e. The van der Waals surface area contributed by atoms with E-state index < -0.39 is 30.3 Å². The van der Waals surface area contributed by atoms with Crippen molar-refractivity contribution in [1.29, 1.82) is 0 Å². The van der Waals surface area contributed by atoms with Gasteiger partial charge in [0, 0.05) is 5.56 Å². The lowest BCUT2D eigenvalue weighted by Gasteiger charge is -2.23. The Hall–Kier alpha value is -4.21. The Labute approximate surface area is 283 Å². The number of ether oxygens (including phenoxy) is 3. The van der Waals surface area contributed by atoms with E-state index in [-0.39, 0.29) is 53.0 Å². The first-order valence-electron chi connectivity index (χ1n) is 14.4. The van der Waals surface area contributed by atoms with Gasteiger partial charge < -0.3 is 22.6 Å². The van der Waals surface area contributed by atoms with Gasteiger partial charge in [-0.2, -0.15) is 16.8 Å². The van der Waals surface area contributed by atoms with Gasteiger partial charge in [-0.15, -0.1) is 0 Å². The minimum atomic E-state index is -4.15. The molecule has 0 radical (unpaired) electrons. The standard InChI is InChI=1S/C33H41NO11S3/c1-22(2)16-18-34(46(7,35)36)26-13-10-24(11-14-26)27-21-30(41-5)31(33(32(27)42-6)45-48(9,39)40)25-12-15-28(43-19-17-23(3)4)29(20-25)44-47(8,37)38/h10-17,20-21H,18-19H2,1-9H3. The van der Waals surface area contributed by atoms with Crippen molar-refractivity contribution in [2.75, 3.05) is 50.4 Å². The summed E-state index contributed by atoms with van der Waals surface area (Å²) >= 11 is 0. The van der Waals surface area contributed by atoms with Crippen LogP contribution < -0.4 is 26.9 Å². The number of sulfonamides is 1. The maximum absolute atomic E-state index is 12.6. The van der Waals surface area contributed by atoms with Crippen molar-refractivity contribution in [2.24, 2.45) is 0 Å². The van der Waals surface area contributed by atoms with Gasteiger partial charge in [-0.1, -0.05) is 35.4 Å². The van der Waals surface area contributed by atoms with E-state index in [0.717, 1.165) is 29.9 Å². The summed E-state index contributed by atoms with van der Waals surface area (Å²) < 4.78 is 104. The van der Waals surface area contributed by atoms with Gasteiger partial charge in [-0.3, -0.25) is 4.31 Å². The fraction of sp³-hybridized carbons (Fsp3) is 0.333. The maximum atomic E-state index is 12.6. The molecule has 0 saturated heterocycles. The van der Waals surface area contributed by atoms with Gasteiger partial charge in [0.2, 0.25) is 10.0 Å². The van der Waals surface area contributed by atoms with E-state index in [1.54, 1.807) is 48.6 Å². The quantitative estimate of drug-likeness (QED) is 0.138. The molecule has 3 rings (SSSR count). The van der Waals surface area contributed by atoms with Crippen LogP contribution in [0.4, 0.5) is 5.69 Å². The Balaban J connectivity index is 2.30. The van der Waals surface area contributed by atoms with Crippen molar-refractivity contribution in [1.82, 2.24) is 0 Å². The van der Waals surface area contributed by atoms with Crippen molar-refractivity contribution in [2.45, 2.75) is 27.7 Å². The second-order valence-electron chi connectivity index (χ2n) is 11.3. The highest BCUT2D eigenvalue weighted by molar-refractivity contribution is 7.92. The second-order valence-corrected chi connectivity index (χ2v) is 16.4. The third-order valence-corrected chi connectivity index (χ3v) is 8.71. The maximum Gasteiger partial charge on any atom is 0.306 e.